The molecule has 0 amide bonds. The van der Waals surface area contributed by atoms with Gasteiger partial charge in [-0.3, -0.25) is 0 Å². The van der Waals surface area contributed by atoms with Gasteiger partial charge in [0.25, 0.3) is 0 Å². The van der Waals surface area contributed by atoms with Gasteiger partial charge in [-0.2, -0.15) is 0 Å². The van der Waals surface area contributed by atoms with Gasteiger partial charge in [0.1, 0.15) is 0 Å². The van der Waals surface area contributed by atoms with E-state index < -0.39 is 10.6 Å². The molecule has 0 saturated heterocycles. The SMILES string of the molecule is CC1(CCO)N=C(CCl)C([N+](=O)[O-])=N1. The highest BCUT2D eigenvalue weighted by atomic mass is 35.5. The van der Waals surface area contributed by atoms with Gasteiger partial charge in [0, 0.05) is 20.0 Å². The summed E-state index contributed by atoms with van der Waals surface area (Å²) in [5.41, 5.74) is -0.755. The maximum Gasteiger partial charge on any atom is 0.383 e. The first-order valence-electron chi connectivity index (χ1n) is 4.02. The third kappa shape index (κ3) is 2.08. The van der Waals surface area contributed by atoms with E-state index in [-0.39, 0.29) is 30.5 Å². The molecular formula is C7H10ClN3O3. The molecule has 0 saturated carbocycles. The predicted molar refractivity (Wildman–Crippen MR) is 52.7 cm³/mol. The number of aliphatic hydroxyl groups excluding tert-OH is 1. The van der Waals surface area contributed by atoms with Gasteiger partial charge in [0.05, 0.1) is 5.88 Å². The number of nitro groups is 1. The van der Waals surface area contributed by atoms with E-state index >= 15 is 0 Å². The molecule has 1 unspecified atom stereocenters. The van der Waals surface area contributed by atoms with E-state index in [0.717, 1.165) is 0 Å². The van der Waals surface area contributed by atoms with Crippen molar-refractivity contribution in [1.29, 1.82) is 0 Å². The number of amidine groups is 1. The molecule has 0 aliphatic carbocycles. The van der Waals surface area contributed by atoms with Crippen LogP contribution in [-0.2, 0) is 0 Å². The Balaban J connectivity index is 2.98. The first kappa shape index (κ1) is 11.1. The van der Waals surface area contributed by atoms with Gasteiger partial charge in [-0.05, 0) is 9.92 Å². The maximum absolute atomic E-state index is 10.5. The van der Waals surface area contributed by atoms with Crippen LogP contribution in [0.15, 0.2) is 9.98 Å². The van der Waals surface area contributed by atoms with Crippen LogP contribution >= 0.6 is 11.6 Å². The number of alkyl halides is 1. The number of aliphatic hydroxyl groups is 1. The van der Waals surface area contributed by atoms with Crippen LogP contribution in [0.2, 0.25) is 0 Å². The molecule has 1 aliphatic rings. The Morgan fingerprint density at radius 3 is 2.64 bits per heavy atom. The van der Waals surface area contributed by atoms with Gasteiger partial charge in [-0.15, -0.1) is 11.6 Å². The van der Waals surface area contributed by atoms with Gasteiger partial charge in [-0.25, -0.2) is 4.99 Å². The lowest BCUT2D eigenvalue weighted by atomic mass is 10.1. The Morgan fingerprint density at radius 2 is 2.29 bits per heavy atom. The minimum Gasteiger partial charge on any atom is -0.396 e. The summed E-state index contributed by atoms with van der Waals surface area (Å²) < 4.78 is 0. The zero-order valence-electron chi connectivity index (χ0n) is 7.60. The van der Waals surface area contributed by atoms with Crippen molar-refractivity contribution in [3.63, 3.8) is 0 Å². The van der Waals surface area contributed by atoms with Crippen LogP contribution in [-0.4, -0.2) is 39.7 Å². The summed E-state index contributed by atoms with van der Waals surface area (Å²) in [4.78, 5) is 17.8. The summed E-state index contributed by atoms with van der Waals surface area (Å²) >= 11 is 5.50. The molecule has 0 radical (unpaired) electrons. The summed E-state index contributed by atoms with van der Waals surface area (Å²) in [5, 5.41) is 19.3. The van der Waals surface area contributed by atoms with E-state index in [1.54, 1.807) is 6.92 Å². The van der Waals surface area contributed by atoms with Crippen LogP contribution in [0, 0.1) is 10.1 Å². The van der Waals surface area contributed by atoms with Crippen LogP contribution in [0.1, 0.15) is 13.3 Å². The molecule has 1 atom stereocenters. The second-order valence-corrected chi connectivity index (χ2v) is 3.34. The second-order valence-electron chi connectivity index (χ2n) is 3.08. The fourth-order valence-corrected chi connectivity index (χ4v) is 1.40. The van der Waals surface area contributed by atoms with E-state index in [1.165, 1.54) is 0 Å². The van der Waals surface area contributed by atoms with Crippen LogP contribution < -0.4 is 0 Å². The number of halogens is 1. The molecule has 0 aromatic heterocycles. The van der Waals surface area contributed by atoms with Crippen molar-refractivity contribution in [1.82, 2.24) is 0 Å². The number of hydrogen-bond donors (Lipinski definition) is 1. The smallest absolute Gasteiger partial charge is 0.383 e. The molecule has 0 aromatic rings. The lowest BCUT2D eigenvalue weighted by Gasteiger charge is -2.07. The zero-order valence-corrected chi connectivity index (χ0v) is 8.36. The molecule has 1 N–H and O–H groups in total. The Bertz CT molecular complexity index is 315. The zero-order chi connectivity index (χ0) is 10.8. The van der Waals surface area contributed by atoms with Gasteiger partial charge < -0.3 is 15.2 Å². The van der Waals surface area contributed by atoms with Gasteiger partial charge in [0.15, 0.2) is 5.71 Å². The molecule has 7 heteroatoms. The molecule has 1 aliphatic heterocycles. The molecule has 0 fully saturated rings. The third-order valence-electron chi connectivity index (χ3n) is 1.87. The number of aliphatic imine (C=N–C) groups is 2. The summed E-state index contributed by atoms with van der Waals surface area (Å²) in [5.74, 6) is -0.336. The Labute approximate surface area is 85.5 Å². The Hall–Kier alpha value is -1.01. The number of nitrogens with zero attached hydrogens (tertiary/aromatic N) is 3. The van der Waals surface area contributed by atoms with E-state index in [2.05, 4.69) is 9.98 Å². The average Bonchev–Trinajstić information content (AvgIpc) is 2.43. The van der Waals surface area contributed by atoms with E-state index in [0.29, 0.717) is 0 Å². The molecule has 14 heavy (non-hydrogen) atoms. The fraction of sp³-hybridized carbons (Fsp3) is 0.714. The van der Waals surface area contributed by atoms with Crippen molar-refractivity contribution in [2.75, 3.05) is 12.5 Å². The van der Waals surface area contributed by atoms with Crippen LogP contribution in [0.25, 0.3) is 0 Å². The summed E-state index contributed by atoms with van der Waals surface area (Å²) in [6, 6.07) is 0. The quantitative estimate of drug-likeness (QED) is 0.425. The maximum atomic E-state index is 10.5. The molecule has 1 heterocycles. The summed E-state index contributed by atoms with van der Waals surface area (Å²) in [6.07, 6.45) is 0.255. The number of hydrogen-bond acceptors (Lipinski definition) is 5. The largest absolute Gasteiger partial charge is 0.396 e. The van der Waals surface area contributed by atoms with Gasteiger partial charge in [-0.1, -0.05) is 0 Å². The topological polar surface area (TPSA) is 88.1 Å². The van der Waals surface area contributed by atoms with Crippen molar-refractivity contribution in [2.45, 2.75) is 19.0 Å². The average molecular weight is 220 g/mol. The summed E-state index contributed by atoms with van der Waals surface area (Å²) in [6.45, 7) is 1.50. The summed E-state index contributed by atoms with van der Waals surface area (Å²) in [7, 11) is 0. The van der Waals surface area contributed by atoms with Crippen LogP contribution in [0.4, 0.5) is 0 Å². The lowest BCUT2D eigenvalue weighted by molar-refractivity contribution is -0.346. The first-order chi connectivity index (χ1) is 6.52. The normalized spacial score (nSPS) is 25.9. The predicted octanol–water partition coefficient (Wildman–Crippen LogP) is 0.454. The monoisotopic (exact) mass is 219 g/mol. The molecular weight excluding hydrogens is 210 g/mol. The minimum atomic E-state index is -0.929. The van der Waals surface area contributed by atoms with E-state index in [4.69, 9.17) is 16.7 Å². The third-order valence-corrected chi connectivity index (χ3v) is 2.12. The van der Waals surface area contributed by atoms with Crippen molar-refractivity contribution >= 4 is 23.1 Å². The molecule has 0 aromatic carbocycles. The highest BCUT2D eigenvalue weighted by Crippen LogP contribution is 2.23. The number of rotatable bonds is 3. The molecule has 0 bridgehead atoms. The molecule has 0 spiro atoms. The van der Waals surface area contributed by atoms with Gasteiger partial charge in [0.2, 0.25) is 5.66 Å². The fourth-order valence-electron chi connectivity index (χ4n) is 1.22. The molecule has 78 valence electrons. The van der Waals surface area contributed by atoms with E-state index in [9.17, 15) is 10.1 Å². The van der Waals surface area contributed by atoms with Crippen molar-refractivity contribution in [3.8, 4) is 0 Å². The second kappa shape index (κ2) is 4.02. The van der Waals surface area contributed by atoms with Gasteiger partial charge >= 0.3 is 5.84 Å². The highest BCUT2D eigenvalue weighted by Gasteiger charge is 2.40. The minimum absolute atomic E-state index is 0.0408. The van der Waals surface area contributed by atoms with Crippen molar-refractivity contribution in [3.05, 3.63) is 10.1 Å². The Morgan fingerprint density at radius 1 is 1.64 bits per heavy atom. The lowest BCUT2D eigenvalue weighted by Crippen LogP contribution is -2.21. The van der Waals surface area contributed by atoms with Crippen molar-refractivity contribution in [2.24, 2.45) is 9.98 Å². The highest BCUT2D eigenvalue weighted by molar-refractivity contribution is 6.49. The standard InChI is InChI=1S/C7H10ClN3O3/c1-7(2-3-12)9-5(4-8)6(10-7)11(13)14/h12H,2-4H2,1H3. The van der Waals surface area contributed by atoms with Crippen LogP contribution in [0.3, 0.4) is 0 Å². The first-order valence-corrected chi connectivity index (χ1v) is 4.56. The van der Waals surface area contributed by atoms with Crippen LogP contribution in [0.5, 0.6) is 0 Å². The molecule has 6 nitrogen and oxygen atoms in total. The van der Waals surface area contributed by atoms with E-state index in [1.807, 2.05) is 0 Å². The Kier molecular flexibility index (Phi) is 3.17. The van der Waals surface area contributed by atoms with Crippen molar-refractivity contribution < 1.29 is 10.0 Å². The molecule has 1 rings (SSSR count).